The van der Waals surface area contributed by atoms with E-state index in [0.717, 1.165) is 34.8 Å². The van der Waals surface area contributed by atoms with Crippen LogP contribution in [0.3, 0.4) is 0 Å². The lowest BCUT2D eigenvalue weighted by molar-refractivity contribution is 0.120. The van der Waals surface area contributed by atoms with Gasteiger partial charge in [0.2, 0.25) is 0 Å². The smallest absolute Gasteiger partial charge is 0.0748 e. The van der Waals surface area contributed by atoms with Crippen molar-refractivity contribution in [3.05, 3.63) is 27.7 Å². The second-order valence-electron chi connectivity index (χ2n) is 3.64. The average Bonchev–Trinajstić information content (AvgIpc) is 2.73. The molecule has 0 amide bonds. The Balaban J connectivity index is 1.90. The first-order valence-electron chi connectivity index (χ1n) is 5.06. The molecule has 82 valence electrons. The second-order valence-corrected chi connectivity index (χ2v) is 4.91. The van der Waals surface area contributed by atoms with Crippen molar-refractivity contribution in [3.63, 3.8) is 0 Å². The number of hydrogen-bond donors (Lipinski definition) is 1. The van der Waals surface area contributed by atoms with Crippen molar-refractivity contribution in [3.8, 4) is 0 Å². The normalized spacial score (nSPS) is 20.5. The third-order valence-corrected chi connectivity index (χ3v) is 3.69. The van der Waals surface area contributed by atoms with Crippen LogP contribution in [0, 0.1) is 0 Å². The van der Waals surface area contributed by atoms with Gasteiger partial charge in [0, 0.05) is 23.3 Å². The molecule has 15 heavy (non-hydrogen) atoms. The molecule has 0 bridgehead atoms. The predicted molar refractivity (Wildman–Crippen MR) is 66.6 cm³/mol. The molecule has 4 heteroatoms. The van der Waals surface area contributed by atoms with Gasteiger partial charge in [-0.1, -0.05) is 11.6 Å². The Kier molecular flexibility index (Phi) is 3.89. The van der Waals surface area contributed by atoms with Crippen LogP contribution in [0.15, 0.2) is 22.7 Å². The van der Waals surface area contributed by atoms with Crippen LogP contribution in [-0.2, 0) is 4.74 Å². The third-order valence-electron chi connectivity index (χ3n) is 2.48. The molecule has 1 unspecified atom stereocenters. The maximum Gasteiger partial charge on any atom is 0.0748 e. The minimum Gasteiger partial charge on any atom is -0.382 e. The van der Waals surface area contributed by atoms with Crippen LogP contribution in [0.1, 0.15) is 12.8 Å². The largest absolute Gasteiger partial charge is 0.382 e. The third kappa shape index (κ3) is 3.10. The summed E-state index contributed by atoms with van der Waals surface area (Å²) in [5, 5.41) is 4.07. The van der Waals surface area contributed by atoms with Crippen LogP contribution in [-0.4, -0.2) is 19.3 Å². The topological polar surface area (TPSA) is 21.3 Å². The van der Waals surface area contributed by atoms with E-state index in [1.54, 1.807) is 0 Å². The van der Waals surface area contributed by atoms with Gasteiger partial charge in [0.1, 0.15) is 0 Å². The molecule has 1 aromatic rings. The molecule has 1 aliphatic heterocycles. The standard InChI is InChI=1S/C11H13BrClNO/c12-10-6-8(3-4-11(10)13)14-7-9-2-1-5-15-9/h3-4,6,9,14H,1-2,5,7H2. The van der Waals surface area contributed by atoms with Crippen molar-refractivity contribution in [1.82, 2.24) is 0 Å². The summed E-state index contributed by atoms with van der Waals surface area (Å²) in [6, 6.07) is 5.84. The second kappa shape index (κ2) is 5.19. The highest BCUT2D eigenvalue weighted by Crippen LogP contribution is 2.25. The predicted octanol–water partition coefficient (Wildman–Crippen LogP) is 3.69. The van der Waals surface area contributed by atoms with Gasteiger partial charge < -0.3 is 10.1 Å². The number of nitrogens with one attached hydrogen (secondary N) is 1. The Morgan fingerprint density at radius 1 is 1.53 bits per heavy atom. The molecular formula is C11H13BrClNO. The Morgan fingerprint density at radius 3 is 3.07 bits per heavy atom. The highest BCUT2D eigenvalue weighted by atomic mass is 79.9. The number of ether oxygens (including phenoxy) is 1. The van der Waals surface area contributed by atoms with Crippen molar-refractivity contribution >= 4 is 33.2 Å². The first kappa shape index (κ1) is 11.2. The van der Waals surface area contributed by atoms with Gasteiger partial charge >= 0.3 is 0 Å². The zero-order chi connectivity index (χ0) is 10.7. The maximum atomic E-state index is 5.91. The number of hydrogen-bond acceptors (Lipinski definition) is 2. The molecular weight excluding hydrogens is 277 g/mol. The number of benzene rings is 1. The fraction of sp³-hybridized carbons (Fsp3) is 0.455. The van der Waals surface area contributed by atoms with E-state index in [0.29, 0.717) is 6.10 Å². The summed E-state index contributed by atoms with van der Waals surface area (Å²) in [7, 11) is 0. The zero-order valence-corrected chi connectivity index (χ0v) is 10.6. The molecule has 1 atom stereocenters. The Morgan fingerprint density at radius 2 is 2.40 bits per heavy atom. The molecule has 0 saturated carbocycles. The van der Waals surface area contributed by atoms with Crippen LogP contribution in [0.25, 0.3) is 0 Å². The first-order chi connectivity index (χ1) is 7.25. The molecule has 1 aliphatic rings. The quantitative estimate of drug-likeness (QED) is 0.916. The van der Waals surface area contributed by atoms with Gasteiger partial charge in [-0.15, -0.1) is 0 Å². The van der Waals surface area contributed by atoms with Gasteiger partial charge in [0.25, 0.3) is 0 Å². The van der Waals surface area contributed by atoms with Gasteiger partial charge in [-0.2, -0.15) is 0 Å². The summed E-state index contributed by atoms with van der Waals surface area (Å²) in [6.45, 7) is 1.77. The van der Waals surface area contributed by atoms with Crippen molar-refractivity contribution in [2.45, 2.75) is 18.9 Å². The van der Waals surface area contributed by atoms with E-state index in [2.05, 4.69) is 21.2 Å². The minimum atomic E-state index is 0.361. The van der Waals surface area contributed by atoms with Gasteiger partial charge in [-0.05, 0) is 47.0 Å². The summed E-state index contributed by atoms with van der Waals surface area (Å²) in [4.78, 5) is 0. The fourth-order valence-electron chi connectivity index (χ4n) is 1.64. The summed E-state index contributed by atoms with van der Waals surface area (Å²) in [5.74, 6) is 0. The number of halogens is 2. The summed E-state index contributed by atoms with van der Waals surface area (Å²) < 4.78 is 6.45. The molecule has 1 fully saturated rings. The summed E-state index contributed by atoms with van der Waals surface area (Å²) in [6.07, 6.45) is 2.69. The Labute approximate surface area is 103 Å². The molecule has 1 aromatic carbocycles. The van der Waals surface area contributed by atoms with Gasteiger partial charge in [0.15, 0.2) is 0 Å². The molecule has 1 N–H and O–H groups in total. The van der Waals surface area contributed by atoms with E-state index in [4.69, 9.17) is 16.3 Å². The number of anilines is 1. The van der Waals surface area contributed by atoms with E-state index in [1.807, 2.05) is 18.2 Å². The molecule has 0 aliphatic carbocycles. The van der Waals surface area contributed by atoms with Crippen molar-refractivity contribution in [2.24, 2.45) is 0 Å². The van der Waals surface area contributed by atoms with Crippen molar-refractivity contribution in [2.75, 3.05) is 18.5 Å². The van der Waals surface area contributed by atoms with Crippen LogP contribution < -0.4 is 5.32 Å². The highest BCUT2D eigenvalue weighted by molar-refractivity contribution is 9.10. The van der Waals surface area contributed by atoms with Crippen molar-refractivity contribution in [1.29, 1.82) is 0 Å². The maximum absolute atomic E-state index is 5.91. The van der Waals surface area contributed by atoms with Gasteiger partial charge in [-0.3, -0.25) is 0 Å². The lowest BCUT2D eigenvalue weighted by atomic mass is 10.2. The van der Waals surface area contributed by atoms with E-state index >= 15 is 0 Å². The van der Waals surface area contributed by atoms with Crippen molar-refractivity contribution < 1.29 is 4.74 Å². The van der Waals surface area contributed by atoms with E-state index in [9.17, 15) is 0 Å². The Bertz CT molecular complexity index is 339. The molecule has 2 rings (SSSR count). The fourth-order valence-corrected chi connectivity index (χ4v) is 2.14. The molecule has 1 saturated heterocycles. The minimum absolute atomic E-state index is 0.361. The molecule has 0 spiro atoms. The van der Waals surface area contributed by atoms with Gasteiger partial charge in [-0.25, -0.2) is 0 Å². The summed E-state index contributed by atoms with van der Waals surface area (Å²) >= 11 is 9.30. The number of rotatable bonds is 3. The monoisotopic (exact) mass is 289 g/mol. The summed E-state index contributed by atoms with van der Waals surface area (Å²) in [5.41, 5.74) is 1.07. The Hall–Kier alpha value is -0.250. The average molecular weight is 291 g/mol. The van der Waals surface area contributed by atoms with Crippen LogP contribution in [0.5, 0.6) is 0 Å². The zero-order valence-electron chi connectivity index (χ0n) is 8.30. The van der Waals surface area contributed by atoms with Gasteiger partial charge in [0.05, 0.1) is 11.1 Å². The van der Waals surface area contributed by atoms with E-state index in [-0.39, 0.29) is 0 Å². The molecule has 0 radical (unpaired) electrons. The first-order valence-corrected chi connectivity index (χ1v) is 6.23. The van der Waals surface area contributed by atoms with E-state index in [1.165, 1.54) is 6.42 Å². The van der Waals surface area contributed by atoms with E-state index < -0.39 is 0 Å². The SMILES string of the molecule is Clc1ccc(NCC2CCCO2)cc1Br. The molecule has 0 aromatic heterocycles. The molecule has 1 heterocycles. The molecule has 2 nitrogen and oxygen atoms in total. The highest BCUT2D eigenvalue weighted by Gasteiger charge is 2.14. The lowest BCUT2D eigenvalue weighted by Gasteiger charge is -2.12. The van der Waals surface area contributed by atoms with Crippen LogP contribution in [0.4, 0.5) is 5.69 Å². The van der Waals surface area contributed by atoms with Crippen LogP contribution >= 0.6 is 27.5 Å². The lowest BCUT2D eigenvalue weighted by Crippen LogP contribution is -2.18. The van der Waals surface area contributed by atoms with Crippen LogP contribution in [0.2, 0.25) is 5.02 Å².